The lowest BCUT2D eigenvalue weighted by atomic mass is 10.1. The fourth-order valence-electron chi connectivity index (χ4n) is 2.71. The van der Waals surface area contributed by atoms with Crippen LogP contribution < -0.4 is 4.31 Å². The Hall–Kier alpha value is -2.05. The third-order valence-electron chi connectivity index (χ3n) is 3.57. The molecule has 0 unspecified atom stereocenters. The maximum absolute atomic E-state index is 13.0. The molecule has 2 aromatic carbocycles. The molecule has 0 radical (unpaired) electrons. The van der Waals surface area contributed by atoms with Gasteiger partial charge in [-0.15, -0.1) is 0 Å². The minimum Gasteiger partial charge on any atom is -0.480 e. The number of anilines is 1. The number of hydrogen-bond donors (Lipinski definition) is 1. The van der Waals surface area contributed by atoms with Crippen molar-refractivity contribution in [1.29, 1.82) is 0 Å². The molecule has 0 aliphatic rings. The molecule has 0 heterocycles. The lowest BCUT2D eigenvalue weighted by molar-refractivity contribution is -0.135. The monoisotopic (exact) mass is 367 g/mol. The van der Waals surface area contributed by atoms with Gasteiger partial charge < -0.3 is 5.11 Å². The van der Waals surface area contributed by atoms with Crippen LogP contribution in [0.4, 0.5) is 5.69 Å². The van der Waals surface area contributed by atoms with Crippen LogP contribution in [-0.4, -0.2) is 26.0 Å². The molecule has 0 aliphatic heterocycles. The summed E-state index contributed by atoms with van der Waals surface area (Å²) in [6, 6.07) is 9.31. The maximum atomic E-state index is 13.0. The second kappa shape index (κ2) is 6.83. The van der Waals surface area contributed by atoms with Crippen LogP contribution in [0.15, 0.2) is 41.3 Å². The van der Waals surface area contributed by atoms with Crippen molar-refractivity contribution in [2.45, 2.75) is 25.7 Å². The Labute approximate surface area is 146 Å². The fraction of sp³-hybridized carbons (Fsp3) is 0.235. The van der Waals surface area contributed by atoms with E-state index in [4.69, 9.17) is 11.6 Å². The highest BCUT2D eigenvalue weighted by atomic mass is 35.5. The number of carboxylic acid groups (broad SMARTS) is 1. The lowest BCUT2D eigenvalue weighted by Crippen LogP contribution is -2.36. The van der Waals surface area contributed by atoms with Crippen LogP contribution in [0.5, 0.6) is 0 Å². The van der Waals surface area contributed by atoms with Crippen LogP contribution in [0.25, 0.3) is 0 Å². The number of aryl methyl sites for hydroxylation is 3. The summed E-state index contributed by atoms with van der Waals surface area (Å²) in [5.74, 6) is -1.23. The van der Waals surface area contributed by atoms with E-state index in [9.17, 15) is 18.3 Å². The number of benzene rings is 2. The van der Waals surface area contributed by atoms with E-state index in [1.807, 2.05) is 19.1 Å². The summed E-state index contributed by atoms with van der Waals surface area (Å²) in [6.07, 6.45) is 0. The molecule has 128 valence electrons. The summed E-state index contributed by atoms with van der Waals surface area (Å²) >= 11 is 5.81. The van der Waals surface area contributed by atoms with E-state index in [0.717, 1.165) is 9.87 Å². The van der Waals surface area contributed by atoms with Gasteiger partial charge in [0.15, 0.2) is 0 Å². The van der Waals surface area contributed by atoms with Crippen LogP contribution in [0.3, 0.4) is 0 Å². The van der Waals surface area contributed by atoms with Crippen molar-refractivity contribution in [3.8, 4) is 0 Å². The van der Waals surface area contributed by atoms with Crippen LogP contribution in [0.2, 0.25) is 5.02 Å². The van der Waals surface area contributed by atoms with Crippen molar-refractivity contribution in [1.82, 2.24) is 0 Å². The molecule has 24 heavy (non-hydrogen) atoms. The minimum absolute atomic E-state index is 0.00692. The predicted octanol–water partition coefficient (Wildman–Crippen LogP) is 3.55. The number of carbonyl (C=O) groups is 1. The van der Waals surface area contributed by atoms with Gasteiger partial charge in [0.2, 0.25) is 0 Å². The first-order valence-corrected chi connectivity index (χ1v) is 9.02. The maximum Gasteiger partial charge on any atom is 0.324 e. The van der Waals surface area contributed by atoms with Crippen molar-refractivity contribution < 1.29 is 18.3 Å². The summed E-state index contributed by atoms with van der Waals surface area (Å²) in [5.41, 5.74) is 2.77. The molecule has 1 N–H and O–H groups in total. The zero-order chi connectivity index (χ0) is 18.1. The molecule has 5 nitrogen and oxygen atoms in total. The normalized spacial score (nSPS) is 11.3. The Morgan fingerprint density at radius 1 is 1.08 bits per heavy atom. The van der Waals surface area contributed by atoms with E-state index in [1.165, 1.54) is 24.3 Å². The van der Waals surface area contributed by atoms with Gasteiger partial charge in [0.1, 0.15) is 6.54 Å². The standard InChI is InChI=1S/C17H18ClNO4S/c1-11-8-12(2)17(13(3)9-11)19(10-16(20)21)24(22,23)15-6-4-14(18)5-7-15/h4-9H,10H2,1-3H3,(H,20,21). The summed E-state index contributed by atoms with van der Waals surface area (Å²) in [5, 5.41) is 9.61. The first kappa shape index (κ1) is 18.3. The second-order valence-electron chi connectivity index (χ2n) is 5.61. The Bertz CT molecular complexity index is 853. The quantitative estimate of drug-likeness (QED) is 0.876. The van der Waals surface area contributed by atoms with Crippen molar-refractivity contribution in [2.75, 3.05) is 10.8 Å². The predicted molar refractivity (Wildman–Crippen MR) is 94.3 cm³/mol. The number of carboxylic acids is 1. The molecular weight excluding hydrogens is 350 g/mol. The van der Waals surface area contributed by atoms with Gasteiger partial charge in [0.05, 0.1) is 10.6 Å². The van der Waals surface area contributed by atoms with E-state index >= 15 is 0 Å². The average Bonchev–Trinajstić information content (AvgIpc) is 2.45. The molecule has 0 spiro atoms. The number of aliphatic carboxylic acids is 1. The van der Waals surface area contributed by atoms with E-state index in [-0.39, 0.29) is 4.90 Å². The molecule has 2 aromatic rings. The number of rotatable bonds is 5. The molecular formula is C17H18ClNO4S. The smallest absolute Gasteiger partial charge is 0.324 e. The van der Waals surface area contributed by atoms with Crippen LogP contribution >= 0.6 is 11.6 Å². The number of halogens is 1. The van der Waals surface area contributed by atoms with E-state index < -0.39 is 22.5 Å². The number of hydrogen-bond acceptors (Lipinski definition) is 3. The molecule has 0 amide bonds. The highest BCUT2D eigenvalue weighted by Gasteiger charge is 2.29. The second-order valence-corrected chi connectivity index (χ2v) is 7.91. The van der Waals surface area contributed by atoms with E-state index in [1.54, 1.807) is 13.8 Å². The molecule has 0 atom stereocenters. The first-order valence-electron chi connectivity index (χ1n) is 7.21. The first-order chi connectivity index (χ1) is 11.1. The van der Waals surface area contributed by atoms with Gasteiger partial charge in [-0.05, 0) is 56.2 Å². The zero-order valence-electron chi connectivity index (χ0n) is 13.6. The van der Waals surface area contributed by atoms with E-state index in [2.05, 4.69) is 0 Å². The average molecular weight is 368 g/mol. The Kier molecular flexibility index (Phi) is 5.20. The SMILES string of the molecule is Cc1cc(C)c(N(CC(=O)O)S(=O)(=O)c2ccc(Cl)cc2)c(C)c1. The van der Waals surface area contributed by atoms with Gasteiger partial charge >= 0.3 is 5.97 Å². The van der Waals surface area contributed by atoms with Gasteiger partial charge in [-0.3, -0.25) is 9.10 Å². The van der Waals surface area contributed by atoms with Crippen molar-refractivity contribution in [2.24, 2.45) is 0 Å². The molecule has 0 fully saturated rings. The van der Waals surface area contributed by atoms with Gasteiger partial charge in [0, 0.05) is 5.02 Å². The van der Waals surface area contributed by atoms with Crippen LogP contribution in [-0.2, 0) is 14.8 Å². The third-order valence-corrected chi connectivity index (χ3v) is 5.58. The van der Waals surface area contributed by atoms with Crippen molar-refractivity contribution >= 4 is 33.3 Å². The molecule has 0 bridgehead atoms. The largest absolute Gasteiger partial charge is 0.480 e. The molecule has 0 aliphatic carbocycles. The van der Waals surface area contributed by atoms with Crippen LogP contribution in [0, 0.1) is 20.8 Å². The van der Waals surface area contributed by atoms with Crippen molar-refractivity contribution in [3.63, 3.8) is 0 Å². The van der Waals surface area contributed by atoms with Gasteiger partial charge in [-0.25, -0.2) is 8.42 Å². The highest BCUT2D eigenvalue weighted by molar-refractivity contribution is 7.92. The lowest BCUT2D eigenvalue weighted by Gasteiger charge is -2.26. The van der Waals surface area contributed by atoms with Crippen LogP contribution in [0.1, 0.15) is 16.7 Å². The summed E-state index contributed by atoms with van der Waals surface area (Å²) in [7, 11) is -4.03. The number of nitrogens with zero attached hydrogens (tertiary/aromatic N) is 1. The third kappa shape index (κ3) is 3.71. The topological polar surface area (TPSA) is 74.7 Å². The van der Waals surface area contributed by atoms with Gasteiger partial charge in [-0.2, -0.15) is 0 Å². The highest BCUT2D eigenvalue weighted by Crippen LogP contribution is 2.31. The summed E-state index contributed by atoms with van der Waals surface area (Å²) < 4.78 is 26.9. The zero-order valence-corrected chi connectivity index (χ0v) is 15.1. The Morgan fingerprint density at radius 3 is 2.04 bits per heavy atom. The van der Waals surface area contributed by atoms with Gasteiger partial charge in [-0.1, -0.05) is 29.3 Å². The number of sulfonamides is 1. The minimum atomic E-state index is -4.03. The Morgan fingerprint density at radius 2 is 1.58 bits per heavy atom. The fourth-order valence-corrected chi connectivity index (χ4v) is 4.38. The van der Waals surface area contributed by atoms with E-state index in [0.29, 0.717) is 21.8 Å². The summed E-state index contributed by atoms with van der Waals surface area (Å²) in [4.78, 5) is 11.3. The molecule has 0 saturated carbocycles. The summed E-state index contributed by atoms with van der Waals surface area (Å²) in [6.45, 7) is 4.78. The van der Waals surface area contributed by atoms with Gasteiger partial charge in [0.25, 0.3) is 10.0 Å². The van der Waals surface area contributed by atoms with Crippen molar-refractivity contribution in [3.05, 3.63) is 58.1 Å². The molecule has 0 saturated heterocycles. The molecule has 7 heteroatoms. The molecule has 2 rings (SSSR count). The molecule has 0 aromatic heterocycles. The Balaban J connectivity index is 2.65.